The maximum atomic E-state index is 13.2. The van der Waals surface area contributed by atoms with Crippen LogP contribution in [0.25, 0.3) is 0 Å². The molecular weight excluding hydrogens is 318 g/mol. The van der Waals surface area contributed by atoms with Crippen molar-refractivity contribution in [3.8, 4) is 0 Å². The number of nitrogens with one attached hydrogen (secondary N) is 1. The van der Waals surface area contributed by atoms with E-state index in [-0.39, 0.29) is 18.4 Å². The van der Waals surface area contributed by atoms with E-state index in [2.05, 4.69) is 5.32 Å². The summed E-state index contributed by atoms with van der Waals surface area (Å²) < 4.78 is 0. The van der Waals surface area contributed by atoms with Crippen molar-refractivity contribution in [1.82, 2.24) is 15.1 Å². The van der Waals surface area contributed by atoms with Crippen molar-refractivity contribution in [2.75, 3.05) is 19.6 Å². The minimum atomic E-state index is -1.07. The van der Waals surface area contributed by atoms with Crippen LogP contribution in [0.3, 0.4) is 0 Å². The number of amides is 4. The lowest BCUT2D eigenvalue weighted by molar-refractivity contribution is -0.139. The lowest BCUT2D eigenvalue weighted by atomic mass is 9.85. The molecule has 1 aromatic rings. The number of nitrogens with zero attached hydrogens (tertiary/aromatic N) is 2. The first kappa shape index (κ1) is 19.0. The summed E-state index contributed by atoms with van der Waals surface area (Å²) in [4.78, 5) is 40.7. The molecule has 25 heavy (non-hydrogen) atoms. The first-order valence-electron chi connectivity index (χ1n) is 8.97. The molecule has 1 atom stereocenters. The molecule has 1 unspecified atom stereocenters. The Morgan fingerprint density at radius 2 is 1.76 bits per heavy atom. The Morgan fingerprint density at radius 3 is 2.32 bits per heavy atom. The molecule has 6 heteroatoms. The van der Waals surface area contributed by atoms with E-state index in [0.29, 0.717) is 19.5 Å². The molecule has 0 aromatic heterocycles. The van der Waals surface area contributed by atoms with Gasteiger partial charge in [0.05, 0.1) is 0 Å². The van der Waals surface area contributed by atoms with Crippen molar-refractivity contribution < 1.29 is 14.4 Å². The van der Waals surface area contributed by atoms with Crippen molar-refractivity contribution in [2.24, 2.45) is 0 Å². The highest BCUT2D eigenvalue weighted by Gasteiger charge is 2.52. The number of imide groups is 1. The van der Waals surface area contributed by atoms with Crippen LogP contribution in [0.1, 0.15) is 45.6 Å². The van der Waals surface area contributed by atoms with Gasteiger partial charge < -0.3 is 10.2 Å². The summed E-state index contributed by atoms with van der Waals surface area (Å²) in [5, 5.41) is 2.87. The van der Waals surface area contributed by atoms with Crippen LogP contribution in [-0.4, -0.2) is 47.3 Å². The first-order valence-corrected chi connectivity index (χ1v) is 8.97. The van der Waals surface area contributed by atoms with E-state index < -0.39 is 11.6 Å². The molecule has 0 bridgehead atoms. The van der Waals surface area contributed by atoms with Crippen molar-refractivity contribution in [1.29, 1.82) is 0 Å². The van der Waals surface area contributed by atoms with Crippen LogP contribution in [0.4, 0.5) is 4.79 Å². The van der Waals surface area contributed by atoms with Crippen LogP contribution in [0.5, 0.6) is 0 Å². The standard InChI is InChI=1S/C19H27N3O3/c1-4-7-13-19(15-11-9-8-10-12-15)17(24)22(18(25)20-19)14-16(23)21(5-2)6-3/h8-12H,4-7,13-14H2,1-3H3,(H,20,25). The molecule has 2 rings (SSSR count). The van der Waals surface area contributed by atoms with Crippen LogP contribution in [0.15, 0.2) is 30.3 Å². The summed E-state index contributed by atoms with van der Waals surface area (Å²) >= 11 is 0. The minimum absolute atomic E-state index is 0.215. The SMILES string of the molecule is CCCCC1(c2ccccc2)NC(=O)N(CC(=O)N(CC)CC)C1=O. The average molecular weight is 345 g/mol. The van der Waals surface area contributed by atoms with Gasteiger partial charge in [0.1, 0.15) is 12.1 Å². The number of likely N-dealkylation sites (N-methyl/N-ethyl adjacent to an activating group) is 1. The highest BCUT2D eigenvalue weighted by Crippen LogP contribution is 2.34. The topological polar surface area (TPSA) is 69.7 Å². The first-order chi connectivity index (χ1) is 12.0. The number of benzene rings is 1. The summed E-state index contributed by atoms with van der Waals surface area (Å²) in [6.45, 7) is 6.69. The molecule has 0 spiro atoms. The van der Waals surface area contributed by atoms with Crippen molar-refractivity contribution in [2.45, 2.75) is 45.6 Å². The predicted octanol–water partition coefficient (Wildman–Crippen LogP) is 2.49. The van der Waals surface area contributed by atoms with E-state index in [9.17, 15) is 14.4 Å². The molecular formula is C19H27N3O3. The van der Waals surface area contributed by atoms with Gasteiger partial charge >= 0.3 is 6.03 Å². The molecule has 1 heterocycles. The van der Waals surface area contributed by atoms with E-state index >= 15 is 0 Å². The van der Waals surface area contributed by atoms with E-state index in [1.807, 2.05) is 51.1 Å². The Hall–Kier alpha value is -2.37. The second-order valence-corrected chi connectivity index (χ2v) is 6.26. The molecule has 1 N–H and O–H groups in total. The monoisotopic (exact) mass is 345 g/mol. The Bertz CT molecular complexity index is 628. The molecule has 4 amide bonds. The smallest absolute Gasteiger partial charge is 0.325 e. The fourth-order valence-electron chi connectivity index (χ4n) is 3.26. The molecule has 1 saturated heterocycles. The van der Waals surface area contributed by atoms with Crippen LogP contribution >= 0.6 is 0 Å². The summed E-state index contributed by atoms with van der Waals surface area (Å²) in [5.74, 6) is -0.550. The number of rotatable bonds is 8. The van der Waals surface area contributed by atoms with Gasteiger partial charge in [-0.3, -0.25) is 14.5 Å². The Labute approximate surface area is 149 Å². The Morgan fingerprint density at radius 1 is 1.12 bits per heavy atom. The van der Waals surface area contributed by atoms with Crippen molar-refractivity contribution >= 4 is 17.8 Å². The van der Waals surface area contributed by atoms with Gasteiger partial charge in [0.25, 0.3) is 5.91 Å². The average Bonchev–Trinajstić information content (AvgIpc) is 2.87. The van der Waals surface area contributed by atoms with E-state index in [0.717, 1.165) is 23.3 Å². The van der Waals surface area contributed by atoms with Crippen LogP contribution in [0, 0.1) is 0 Å². The van der Waals surface area contributed by atoms with Gasteiger partial charge in [-0.05, 0) is 25.8 Å². The third-order valence-corrected chi connectivity index (χ3v) is 4.76. The zero-order valence-electron chi connectivity index (χ0n) is 15.2. The number of unbranched alkanes of at least 4 members (excludes halogenated alkanes) is 1. The molecule has 1 aliphatic heterocycles. The number of carbonyl (C=O) groups is 3. The number of carbonyl (C=O) groups excluding carboxylic acids is 3. The third kappa shape index (κ3) is 3.67. The fourth-order valence-corrected chi connectivity index (χ4v) is 3.26. The molecule has 1 aromatic carbocycles. The fraction of sp³-hybridized carbons (Fsp3) is 0.526. The third-order valence-electron chi connectivity index (χ3n) is 4.76. The molecule has 1 aliphatic rings. The van der Waals surface area contributed by atoms with Gasteiger partial charge in [-0.25, -0.2) is 4.79 Å². The van der Waals surface area contributed by atoms with Gasteiger partial charge in [-0.15, -0.1) is 0 Å². The largest absolute Gasteiger partial charge is 0.342 e. The molecule has 6 nitrogen and oxygen atoms in total. The van der Waals surface area contributed by atoms with Gasteiger partial charge in [-0.2, -0.15) is 0 Å². The predicted molar refractivity (Wildman–Crippen MR) is 95.8 cm³/mol. The lowest BCUT2D eigenvalue weighted by Gasteiger charge is -2.27. The number of urea groups is 1. The highest BCUT2D eigenvalue weighted by atomic mass is 16.2. The zero-order chi connectivity index (χ0) is 18.4. The minimum Gasteiger partial charge on any atom is -0.342 e. The maximum Gasteiger partial charge on any atom is 0.325 e. The maximum absolute atomic E-state index is 13.2. The molecule has 0 aliphatic carbocycles. The quantitative estimate of drug-likeness (QED) is 0.736. The van der Waals surface area contributed by atoms with Crippen LogP contribution < -0.4 is 5.32 Å². The van der Waals surface area contributed by atoms with Crippen molar-refractivity contribution in [3.63, 3.8) is 0 Å². The van der Waals surface area contributed by atoms with Crippen molar-refractivity contribution in [3.05, 3.63) is 35.9 Å². The van der Waals surface area contributed by atoms with Gasteiger partial charge in [0, 0.05) is 13.1 Å². The van der Waals surface area contributed by atoms with Gasteiger partial charge in [-0.1, -0.05) is 50.1 Å². The van der Waals surface area contributed by atoms with Crippen LogP contribution in [0.2, 0.25) is 0 Å². The summed E-state index contributed by atoms with van der Waals surface area (Å²) in [5.41, 5.74) is -0.308. The normalized spacial score (nSPS) is 19.9. The Balaban J connectivity index is 2.30. The molecule has 136 valence electrons. The molecule has 0 radical (unpaired) electrons. The van der Waals surface area contributed by atoms with Gasteiger partial charge in [0.15, 0.2) is 0 Å². The van der Waals surface area contributed by atoms with E-state index in [4.69, 9.17) is 0 Å². The van der Waals surface area contributed by atoms with Gasteiger partial charge in [0.2, 0.25) is 5.91 Å². The summed E-state index contributed by atoms with van der Waals surface area (Å²) in [7, 11) is 0. The highest BCUT2D eigenvalue weighted by molar-refractivity contribution is 6.09. The number of hydrogen-bond acceptors (Lipinski definition) is 3. The summed E-state index contributed by atoms with van der Waals surface area (Å²) in [6, 6.07) is 8.79. The van der Waals surface area contributed by atoms with E-state index in [1.165, 1.54) is 0 Å². The van der Waals surface area contributed by atoms with E-state index in [1.54, 1.807) is 4.90 Å². The second-order valence-electron chi connectivity index (χ2n) is 6.26. The van der Waals surface area contributed by atoms with Crippen LogP contribution in [-0.2, 0) is 15.1 Å². The summed E-state index contributed by atoms with van der Waals surface area (Å²) in [6.07, 6.45) is 2.24. The zero-order valence-corrected chi connectivity index (χ0v) is 15.2. The molecule has 0 saturated carbocycles. The number of hydrogen-bond donors (Lipinski definition) is 1. The second kappa shape index (κ2) is 8.14. The Kier molecular flexibility index (Phi) is 6.17. The molecule has 1 fully saturated rings. The lowest BCUT2D eigenvalue weighted by Crippen LogP contribution is -2.46.